The highest BCUT2D eigenvalue weighted by Gasteiger charge is 2.17. The highest BCUT2D eigenvalue weighted by molar-refractivity contribution is 9.10. The highest BCUT2D eigenvalue weighted by atomic mass is 79.9. The molecular weight excluding hydrogens is 326 g/mol. The molecular formula is C14H12BrNO4. The topological polar surface area (TPSA) is 57.7 Å². The molecule has 2 rings (SSSR count). The van der Waals surface area contributed by atoms with Gasteiger partial charge in [-0.25, -0.2) is 9.78 Å². The smallest absolute Gasteiger partial charge is 0.392 e. The lowest BCUT2D eigenvalue weighted by molar-refractivity contribution is -0.250. The van der Waals surface area contributed by atoms with Crippen LogP contribution in [0.2, 0.25) is 0 Å². The Morgan fingerprint density at radius 3 is 2.70 bits per heavy atom. The molecule has 104 valence electrons. The van der Waals surface area contributed by atoms with E-state index in [0.29, 0.717) is 10.2 Å². The van der Waals surface area contributed by atoms with Crippen molar-refractivity contribution in [1.29, 1.82) is 0 Å². The number of halogens is 1. The number of ether oxygens (including phenoxy) is 1. The Labute approximate surface area is 124 Å². The third kappa shape index (κ3) is 3.55. The van der Waals surface area contributed by atoms with Crippen LogP contribution in [0.15, 0.2) is 47.1 Å². The van der Waals surface area contributed by atoms with E-state index in [1.807, 2.05) is 30.3 Å². The van der Waals surface area contributed by atoms with Crippen molar-refractivity contribution in [3.8, 4) is 5.75 Å². The first kappa shape index (κ1) is 14.5. The largest absolute Gasteiger partial charge is 0.495 e. The lowest BCUT2D eigenvalue weighted by Gasteiger charge is -2.07. The molecule has 6 heteroatoms. The summed E-state index contributed by atoms with van der Waals surface area (Å²) in [5, 5.41) is 0. The summed E-state index contributed by atoms with van der Waals surface area (Å²) >= 11 is 3.23. The van der Waals surface area contributed by atoms with Crippen molar-refractivity contribution in [3.63, 3.8) is 0 Å². The highest BCUT2D eigenvalue weighted by Crippen LogP contribution is 2.27. The van der Waals surface area contributed by atoms with Gasteiger partial charge >= 0.3 is 5.97 Å². The minimum absolute atomic E-state index is 0.0948. The van der Waals surface area contributed by atoms with E-state index in [1.165, 1.54) is 13.3 Å². The van der Waals surface area contributed by atoms with Crippen LogP contribution in [0, 0.1) is 0 Å². The molecule has 0 unspecified atom stereocenters. The molecule has 0 saturated heterocycles. The van der Waals surface area contributed by atoms with Crippen LogP contribution >= 0.6 is 15.9 Å². The predicted molar refractivity (Wildman–Crippen MR) is 75.1 cm³/mol. The molecule has 0 radical (unpaired) electrons. The van der Waals surface area contributed by atoms with E-state index >= 15 is 0 Å². The summed E-state index contributed by atoms with van der Waals surface area (Å²) in [6.45, 7) is 0.175. The molecule has 0 aliphatic carbocycles. The summed E-state index contributed by atoms with van der Waals surface area (Å²) < 4.78 is 5.50. The van der Waals surface area contributed by atoms with E-state index in [-0.39, 0.29) is 12.3 Å². The maximum absolute atomic E-state index is 11.8. The van der Waals surface area contributed by atoms with Gasteiger partial charge in [0, 0.05) is 6.20 Å². The minimum atomic E-state index is -0.688. The first-order chi connectivity index (χ1) is 9.72. The lowest BCUT2D eigenvalue weighted by Crippen LogP contribution is -2.09. The molecule has 0 bridgehead atoms. The second-order valence-corrected chi connectivity index (χ2v) is 4.59. The maximum Gasteiger partial charge on any atom is 0.392 e. The average Bonchev–Trinajstić information content (AvgIpc) is 2.48. The average molecular weight is 338 g/mol. The number of pyridine rings is 1. The summed E-state index contributed by atoms with van der Waals surface area (Å²) in [5.41, 5.74) is 0.996. The van der Waals surface area contributed by atoms with Crippen LogP contribution in [0.4, 0.5) is 0 Å². The summed E-state index contributed by atoms with van der Waals surface area (Å²) in [5.74, 6) is -0.193. The van der Waals surface area contributed by atoms with E-state index in [2.05, 4.69) is 20.9 Å². The normalized spacial score (nSPS) is 10.1. The predicted octanol–water partition coefficient (Wildman–Crippen LogP) is 3.14. The molecule has 0 aliphatic heterocycles. The van der Waals surface area contributed by atoms with Gasteiger partial charge in [-0.1, -0.05) is 30.3 Å². The second kappa shape index (κ2) is 7.02. The van der Waals surface area contributed by atoms with Crippen LogP contribution < -0.4 is 4.74 Å². The van der Waals surface area contributed by atoms with Crippen LogP contribution in [0.5, 0.6) is 5.75 Å². The molecule has 5 nitrogen and oxygen atoms in total. The van der Waals surface area contributed by atoms with E-state index in [4.69, 9.17) is 14.5 Å². The maximum atomic E-state index is 11.8. The Kier molecular flexibility index (Phi) is 5.09. The number of carbonyl (C=O) groups excluding carboxylic acids is 1. The zero-order chi connectivity index (χ0) is 14.4. The summed E-state index contributed by atoms with van der Waals surface area (Å²) in [6.07, 6.45) is 1.46. The second-order valence-electron chi connectivity index (χ2n) is 3.79. The fraction of sp³-hybridized carbons (Fsp3) is 0.143. The van der Waals surface area contributed by atoms with Crippen molar-refractivity contribution in [2.45, 2.75) is 6.61 Å². The number of benzene rings is 1. The molecule has 0 amide bonds. The monoisotopic (exact) mass is 337 g/mol. The van der Waals surface area contributed by atoms with Crippen LogP contribution in [-0.4, -0.2) is 18.1 Å². The van der Waals surface area contributed by atoms with Crippen LogP contribution in [0.1, 0.15) is 16.1 Å². The Balaban J connectivity index is 1.95. The zero-order valence-corrected chi connectivity index (χ0v) is 12.3. The Morgan fingerprint density at radius 1 is 1.25 bits per heavy atom. The van der Waals surface area contributed by atoms with Gasteiger partial charge < -0.3 is 4.74 Å². The number of nitrogens with zero attached hydrogens (tertiary/aromatic N) is 1. The van der Waals surface area contributed by atoms with Gasteiger partial charge in [0.25, 0.3) is 0 Å². The first-order valence-electron chi connectivity index (χ1n) is 5.78. The number of carbonyl (C=O) groups is 1. The van der Waals surface area contributed by atoms with Gasteiger partial charge in [0.05, 0.1) is 11.6 Å². The molecule has 1 heterocycles. The van der Waals surface area contributed by atoms with E-state index in [9.17, 15) is 4.79 Å². The van der Waals surface area contributed by atoms with E-state index < -0.39 is 5.97 Å². The SMILES string of the molecule is COc1ccnc(C(=O)OOCc2ccccc2)c1Br. The number of hydrogen-bond acceptors (Lipinski definition) is 5. The quantitative estimate of drug-likeness (QED) is 0.619. The molecule has 0 atom stereocenters. The van der Waals surface area contributed by atoms with Crippen LogP contribution in [0.3, 0.4) is 0 Å². The molecule has 1 aromatic heterocycles. The molecule has 0 saturated carbocycles. The standard InChI is InChI=1S/C14H12BrNO4/c1-18-11-7-8-16-13(12(11)15)14(17)20-19-9-10-5-3-2-4-6-10/h2-8H,9H2,1H3. The van der Waals surface area contributed by atoms with Crippen LogP contribution in [0.25, 0.3) is 0 Å². The van der Waals surface area contributed by atoms with Crippen molar-refractivity contribution < 1.29 is 19.3 Å². The third-order valence-corrected chi connectivity index (χ3v) is 3.24. The summed E-state index contributed by atoms with van der Waals surface area (Å²) in [4.78, 5) is 25.4. The molecule has 0 fully saturated rings. The molecule has 20 heavy (non-hydrogen) atoms. The van der Waals surface area contributed by atoms with Crippen LogP contribution in [-0.2, 0) is 16.4 Å². The third-order valence-electron chi connectivity index (χ3n) is 2.47. The Hall–Kier alpha value is -1.92. The Bertz CT molecular complexity index is 589. The number of aromatic nitrogens is 1. The molecule has 2 aromatic rings. The first-order valence-corrected chi connectivity index (χ1v) is 6.58. The van der Waals surface area contributed by atoms with Crippen molar-refractivity contribution >= 4 is 21.9 Å². The molecule has 0 spiro atoms. The fourth-order valence-corrected chi connectivity index (χ4v) is 2.05. The zero-order valence-electron chi connectivity index (χ0n) is 10.7. The van der Waals surface area contributed by atoms with E-state index in [0.717, 1.165) is 5.56 Å². The number of hydrogen-bond donors (Lipinski definition) is 0. The molecule has 0 N–H and O–H groups in total. The Morgan fingerprint density at radius 2 is 2.00 bits per heavy atom. The fourth-order valence-electron chi connectivity index (χ4n) is 1.49. The van der Waals surface area contributed by atoms with E-state index in [1.54, 1.807) is 6.07 Å². The lowest BCUT2D eigenvalue weighted by atomic mass is 10.2. The van der Waals surface area contributed by atoms with Gasteiger partial charge in [-0.05, 0) is 27.6 Å². The van der Waals surface area contributed by atoms with Gasteiger partial charge in [0.1, 0.15) is 12.4 Å². The van der Waals surface area contributed by atoms with Crippen molar-refractivity contribution in [1.82, 2.24) is 4.98 Å². The van der Waals surface area contributed by atoms with Gasteiger partial charge in [0.15, 0.2) is 5.69 Å². The van der Waals surface area contributed by atoms with Gasteiger partial charge in [-0.15, -0.1) is 0 Å². The summed E-state index contributed by atoms with van der Waals surface area (Å²) in [7, 11) is 1.50. The molecule has 1 aromatic carbocycles. The van der Waals surface area contributed by atoms with Crippen molar-refractivity contribution in [2.24, 2.45) is 0 Å². The van der Waals surface area contributed by atoms with Gasteiger partial charge in [-0.3, -0.25) is 4.89 Å². The minimum Gasteiger partial charge on any atom is -0.495 e. The van der Waals surface area contributed by atoms with Gasteiger partial charge in [-0.2, -0.15) is 4.89 Å². The molecule has 0 aliphatic rings. The number of methoxy groups -OCH3 is 1. The summed E-state index contributed by atoms with van der Waals surface area (Å²) in [6, 6.07) is 11.0. The van der Waals surface area contributed by atoms with Crippen molar-refractivity contribution in [2.75, 3.05) is 7.11 Å². The van der Waals surface area contributed by atoms with Gasteiger partial charge in [0.2, 0.25) is 0 Å². The number of rotatable bonds is 5. The van der Waals surface area contributed by atoms with Crippen molar-refractivity contribution in [3.05, 3.63) is 58.3 Å².